The van der Waals surface area contributed by atoms with Crippen LogP contribution in [-0.4, -0.2) is 63.8 Å². The highest BCUT2D eigenvalue weighted by Crippen LogP contribution is 2.27. The molecule has 7 nitrogen and oxygen atoms in total. The molecule has 1 saturated heterocycles. The Morgan fingerprint density at radius 1 is 1.10 bits per heavy atom. The topological polar surface area (TPSA) is 72.5 Å². The van der Waals surface area contributed by atoms with Gasteiger partial charge in [-0.1, -0.05) is 24.3 Å². The Morgan fingerprint density at radius 2 is 1.80 bits per heavy atom. The van der Waals surface area contributed by atoms with Gasteiger partial charge in [-0.15, -0.1) is 0 Å². The van der Waals surface area contributed by atoms with E-state index < -0.39 is 0 Å². The molecule has 1 aromatic heterocycles. The highest BCUT2D eigenvalue weighted by molar-refractivity contribution is 5.78. The number of rotatable bonds is 3. The largest absolute Gasteiger partial charge is 0.342 e. The van der Waals surface area contributed by atoms with E-state index in [1.165, 1.54) is 11.1 Å². The molecule has 1 N–H and O–H groups in total. The summed E-state index contributed by atoms with van der Waals surface area (Å²) in [6.45, 7) is 5.26. The first-order valence-corrected chi connectivity index (χ1v) is 10.9. The minimum atomic E-state index is 0.00801. The minimum Gasteiger partial charge on any atom is -0.342 e. The molecule has 3 aliphatic heterocycles. The number of benzene rings is 1. The first kappa shape index (κ1) is 19.5. The number of hydrogen-bond acceptors (Lipinski definition) is 5. The second-order valence-electron chi connectivity index (χ2n) is 8.93. The fraction of sp³-hybridized carbons (Fsp3) is 0.522. The molecule has 0 aliphatic carbocycles. The van der Waals surface area contributed by atoms with Crippen molar-refractivity contribution in [2.24, 2.45) is 0 Å². The van der Waals surface area contributed by atoms with E-state index in [-0.39, 0.29) is 17.4 Å². The van der Waals surface area contributed by atoms with Gasteiger partial charge >= 0.3 is 0 Å². The number of aromatic nitrogens is 2. The van der Waals surface area contributed by atoms with E-state index in [0.29, 0.717) is 13.1 Å². The van der Waals surface area contributed by atoms with Crippen molar-refractivity contribution in [2.45, 2.75) is 44.8 Å². The standard InChI is InChI=1S/C23H29N5O2/c1-26-9-8-20-19(14-26)23(30)25-22(24-20)16-6-10-28(11-7-16)21(29)15-27-12-17-4-2-3-5-18(17)13-27/h2-5,16H,6-15H2,1H3,(H,24,25,30). The van der Waals surface area contributed by atoms with Crippen LogP contribution >= 0.6 is 0 Å². The van der Waals surface area contributed by atoms with Crippen molar-refractivity contribution < 1.29 is 4.79 Å². The van der Waals surface area contributed by atoms with Crippen molar-refractivity contribution in [3.8, 4) is 0 Å². The summed E-state index contributed by atoms with van der Waals surface area (Å²) in [4.78, 5) is 39.6. The molecular weight excluding hydrogens is 378 g/mol. The number of likely N-dealkylation sites (tertiary alicyclic amines) is 1. The summed E-state index contributed by atoms with van der Waals surface area (Å²) in [6, 6.07) is 8.42. The summed E-state index contributed by atoms with van der Waals surface area (Å²) in [6.07, 6.45) is 2.54. The van der Waals surface area contributed by atoms with Crippen molar-refractivity contribution in [3.05, 3.63) is 62.8 Å². The third-order valence-electron chi connectivity index (χ3n) is 6.78. The van der Waals surface area contributed by atoms with Gasteiger partial charge in [0.15, 0.2) is 0 Å². The number of aromatic amines is 1. The van der Waals surface area contributed by atoms with Crippen molar-refractivity contribution in [3.63, 3.8) is 0 Å². The van der Waals surface area contributed by atoms with Gasteiger partial charge < -0.3 is 14.8 Å². The maximum absolute atomic E-state index is 12.8. The molecule has 2 aromatic rings. The number of nitrogens with zero attached hydrogens (tertiary/aromatic N) is 4. The summed E-state index contributed by atoms with van der Waals surface area (Å²) in [5.41, 5.74) is 4.44. The Hall–Kier alpha value is -2.51. The first-order valence-electron chi connectivity index (χ1n) is 10.9. The molecule has 7 heteroatoms. The summed E-state index contributed by atoms with van der Waals surface area (Å²) in [5.74, 6) is 1.24. The minimum absolute atomic E-state index is 0.00801. The Morgan fingerprint density at radius 3 is 2.50 bits per heavy atom. The van der Waals surface area contributed by atoms with E-state index in [9.17, 15) is 9.59 Å². The molecule has 3 aliphatic rings. The summed E-state index contributed by atoms with van der Waals surface area (Å²) >= 11 is 0. The van der Waals surface area contributed by atoms with Crippen LogP contribution in [0, 0.1) is 0 Å². The lowest BCUT2D eigenvalue weighted by Gasteiger charge is -2.33. The lowest BCUT2D eigenvalue weighted by molar-refractivity contribution is -0.133. The molecule has 1 amide bonds. The zero-order valence-corrected chi connectivity index (χ0v) is 17.6. The van der Waals surface area contributed by atoms with E-state index in [1.807, 2.05) is 11.9 Å². The molecule has 30 heavy (non-hydrogen) atoms. The third kappa shape index (κ3) is 3.79. The van der Waals surface area contributed by atoms with Crippen LogP contribution in [0.25, 0.3) is 0 Å². The lowest BCUT2D eigenvalue weighted by Crippen LogP contribution is -2.43. The van der Waals surface area contributed by atoms with Crippen molar-refractivity contribution in [1.82, 2.24) is 24.7 Å². The molecule has 0 atom stereocenters. The molecule has 0 unspecified atom stereocenters. The Bertz CT molecular complexity index is 984. The Balaban J connectivity index is 1.18. The van der Waals surface area contributed by atoms with E-state index in [1.54, 1.807) is 0 Å². The van der Waals surface area contributed by atoms with Crippen LogP contribution in [0.2, 0.25) is 0 Å². The molecule has 0 saturated carbocycles. The van der Waals surface area contributed by atoms with Gasteiger partial charge in [0.25, 0.3) is 5.56 Å². The summed E-state index contributed by atoms with van der Waals surface area (Å²) in [7, 11) is 2.03. The zero-order valence-electron chi connectivity index (χ0n) is 17.6. The number of carbonyl (C=O) groups is 1. The number of carbonyl (C=O) groups excluding carboxylic acids is 1. The first-order chi connectivity index (χ1) is 14.6. The average molecular weight is 408 g/mol. The molecule has 158 valence electrons. The number of hydrogen-bond donors (Lipinski definition) is 1. The lowest BCUT2D eigenvalue weighted by atomic mass is 9.95. The molecular formula is C23H29N5O2. The molecule has 5 rings (SSSR count). The monoisotopic (exact) mass is 407 g/mol. The van der Waals surface area contributed by atoms with E-state index in [4.69, 9.17) is 4.98 Å². The number of likely N-dealkylation sites (N-methyl/N-ethyl adjacent to an activating group) is 1. The molecule has 0 radical (unpaired) electrons. The molecule has 4 heterocycles. The van der Waals surface area contributed by atoms with Gasteiger partial charge in [-0.05, 0) is 31.0 Å². The van der Waals surface area contributed by atoms with Crippen molar-refractivity contribution in [1.29, 1.82) is 0 Å². The fourth-order valence-corrected chi connectivity index (χ4v) is 4.98. The maximum atomic E-state index is 12.8. The molecule has 1 fully saturated rings. The Labute approximate surface area is 176 Å². The van der Waals surface area contributed by atoms with Crippen LogP contribution in [0.3, 0.4) is 0 Å². The smallest absolute Gasteiger partial charge is 0.255 e. The van der Waals surface area contributed by atoms with Crippen molar-refractivity contribution >= 4 is 5.91 Å². The van der Waals surface area contributed by atoms with Crippen molar-refractivity contribution in [2.75, 3.05) is 33.2 Å². The predicted molar refractivity (Wildman–Crippen MR) is 114 cm³/mol. The highest BCUT2D eigenvalue weighted by Gasteiger charge is 2.29. The van der Waals surface area contributed by atoms with Gasteiger partial charge in [-0.2, -0.15) is 0 Å². The van der Waals surface area contributed by atoms with E-state index >= 15 is 0 Å². The predicted octanol–water partition coefficient (Wildman–Crippen LogP) is 1.48. The molecule has 0 spiro atoms. The number of piperidine rings is 1. The van der Waals surface area contributed by atoms with Crippen LogP contribution in [0.15, 0.2) is 29.1 Å². The van der Waals surface area contributed by atoms with Crippen LogP contribution in [0.5, 0.6) is 0 Å². The number of nitrogens with one attached hydrogen (secondary N) is 1. The van der Waals surface area contributed by atoms with Crippen LogP contribution in [-0.2, 0) is 30.8 Å². The zero-order chi connectivity index (χ0) is 20.7. The average Bonchev–Trinajstić information content (AvgIpc) is 3.16. The fourth-order valence-electron chi connectivity index (χ4n) is 4.98. The van der Waals surface area contributed by atoms with Gasteiger partial charge in [0.05, 0.1) is 17.8 Å². The quantitative estimate of drug-likeness (QED) is 0.835. The van der Waals surface area contributed by atoms with Gasteiger partial charge in [0.1, 0.15) is 5.82 Å². The van der Waals surface area contributed by atoms with Crippen LogP contribution < -0.4 is 5.56 Å². The number of amides is 1. The number of H-pyrrole nitrogens is 1. The van der Waals surface area contributed by atoms with Crippen LogP contribution in [0.1, 0.15) is 47.0 Å². The summed E-state index contributed by atoms with van der Waals surface area (Å²) < 4.78 is 0. The van der Waals surface area contributed by atoms with E-state index in [2.05, 4.69) is 39.0 Å². The van der Waals surface area contributed by atoms with E-state index in [0.717, 1.165) is 69.1 Å². The summed E-state index contributed by atoms with van der Waals surface area (Å²) in [5, 5.41) is 0. The van der Waals surface area contributed by atoms with Gasteiger partial charge in [0, 0.05) is 51.6 Å². The SMILES string of the molecule is CN1CCc2nc(C3CCN(C(=O)CN4Cc5ccccc5C4)CC3)[nH]c(=O)c2C1. The second kappa shape index (κ2) is 7.96. The normalized spacial score (nSPS) is 20.2. The molecule has 0 bridgehead atoms. The second-order valence-corrected chi connectivity index (χ2v) is 8.93. The highest BCUT2D eigenvalue weighted by atomic mass is 16.2. The van der Waals surface area contributed by atoms with Gasteiger partial charge in [0.2, 0.25) is 5.91 Å². The maximum Gasteiger partial charge on any atom is 0.255 e. The Kier molecular flexibility index (Phi) is 5.16. The van der Waals surface area contributed by atoms with Crippen LogP contribution in [0.4, 0.5) is 0 Å². The number of fused-ring (bicyclic) bond motifs is 2. The molecule has 1 aromatic carbocycles. The van der Waals surface area contributed by atoms with Gasteiger partial charge in [-0.3, -0.25) is 14.5 Å². The van der Waals surface area contributed by atoms with Gasteiger partial charge in [-0.25, -0.2) is 4.98 Å². The third-order valence-corrected chi connectivity index (χ3v) is 6.78.